The molecule has 0 saturated heterocycles. The van der Waals surface area contributed by atoms with Crippen LogP contribution >= 0.6 is 0 Å². The molecule has 0 unspecified atom stereocenters. The largest absolute Gasteiger partial charge is 0.455 e. The van der Waals surface area contributed by atoms with E-state index in [0.717, 1.165) is 92.9 Å². The fourth-order valence-electron chi connectivity index (χ4n) is 8.59. The van der Waals surface area contributed by atoms with Crippen LogP contribution in [0.5, 0.6) is 0 Å². The summed E-state index contributed by atoms with van der Waals surface area (Å²) in [6, 6.07) is 63.9. The van der Waals surface area contributed by atoms with Crippen LogP contribution in [-0.4, -0.2) is 19.5 Å². The molecule has 56 heavy (non-hydrogen) atoms. The number of hydrogen-bond donors (Lipinski definition) is 0. The van der Waals surface area contributed by atoms with Gasteiger partial charge in [-0.05, 0) is 80.5 Å². The van der Waals surface area contributed by atoms with E-state index in [1.807, 2.05) is 12.1 Å². The first-order valence-electron chi connectivity index (χ1n) is 18.9. The predicted octanol–water partition coefficient (Wildman–Crippen LogP) is 13.3. The van der Waals surface area contributed by atoms with Gasteiger partial charge in [0.1, 0.15) is 11.2 Å². The van der Waals surface area contributed by atoms with Crippen LogP contribution in [0, 0.1) is 0 Å². The molecule has 3 aromatic heterocycles. The van der Waals surface area contributed by atoms with Crippen molar-refractivity contribution in [3.05, 3.63) is 182 Å². The van der Waals surface area contributed by atoms with Crippen molar-refractivity contribution < 1.29 is 4.42 Å². The summed E-state index contributed by atoms with van der Waals surface area (Å²) >= 11 is 0. The normalized spacial score (nSPS) is 11.9. The molecule has 0 bridgehead atoms. The average Bonchev–Trinajstić information content (AvgIpc) is 3.81. The Labute approximate surface area is 320 Å². The second kappa shape index (κ2) is 11.9. The Kier molecular flexibility index (Phi) is 6.56. The molecule has 0 radical (unpaired) electrons. The van der Waals surface area contributed by atoms with Gasteiger partial charge in [-0.15, -0.1) is 0 Å². The summed E-state index contributed by atoms with van der Waals surface area (Å²) in [6.45, 7) is 0. The third-order valence-electron chi connectivity index (χ3n) is 11.2. The van der Waals surface area contributed by atoms with Crippen molar-refractivity contribution in [2.75, 3.05) is 0 Å². The van der Waals surface area contributed by atoms with Gasteiger partial charge in [0.2, 0.25) is 5.95 Å². The lowest BCUT2D eigenvalue weighted by atomic mass is 9.95. The first kappa shape index (κ1) is 30.8. The Bertz CT molecular complexity index is 3540. The van der Waals surface area contributed by atoms with E-state index in [1.54, 1.807) is 0 Å². The molecule has 12 aromatic rings. The van der Waals surface area contributed by atoms with E-state index in [1.165, 1.54) is 5.39 Å². The van der Waals surface area contributed by atoms with Gasteiger partial charge in [0.15, 0.2) is 11.6 Å². The second-order valence-corrected chi connectivity index (χ2v) is 14.4. The zero-order chi connectivity index (χ0) is 36.7. The number of para-hydroxylation sites is 2. The molecule has 9 aromatic carbocycles. The van der Waals surface area contributed by atoms with Crippen LogP contribution in [0.4, 0.5) is 0 Å². The second-order valence-electron chi connectivity index (χ2n) is 14.4. The molecular formula is C51H30N4O. The maximum absolute atomic E-state index is 6.65. The fraction of sp³-hybridized carbons (Fsp3) is 0. The Morgan fingerprint density at radius 1 is 0.375 bits per heavy atom. The minimum atomic E-state index is 0.549. The highest BCUT2D eigenvalue weighted by Crippen LogP contribution is 2.42. The summed E-state index contributed by atoms with van der Waals surface area (Å²) < 4.78 is 8.86. The Hall–Kier alpha value is -7.63. The van der Waals surface area contributed by atoms with E-state index in [2.05, 4.69) is 174 Å². The predicted molar refractivity (Wildman–Crippen MR) is 230 cm³/mol. The highest BCUT2D eigenvalue weighted by molar-refractivity contribution is 6.21. The molecule has 3 heterocycles. The minimum Gasteiger partial charge on any atom is -0.455 e. The highest BCUT2D eigenvalue weighted by atomic mass is 16.3. The van der Waals surface area contributed by atoms with Crippen molar-refractivity contribution in [2.45, 2.75) is 0 Å². The van der Waals surface area contributed by atoms with Crippen LogP contribution in [-0.2, 0) is 0 Å². The van der Waals surface area contributed by atoms with E-state index < -0.39 is 0 Å². The van der Waals surface area contributed by atoms with Crippen LogP contribution in [0.2, 0.25) is 0 Å². The smallest absolute Gasteiger partial charge is 0.238 e. The lowest BCUT2D eigenvalue weighted by Gasteiger charge is -2.15. The van der Waals surface area contributed by atoms with Crippen molar-refractivity contribution in [3.8, 4) is 39.9 Å². The molecule has 0 saturated carbocycles. The Balaban J connectivity index is 1.24. The van der Waals surface area contributed by atoms with Crippen molar-refractivity contribution in [1.29, 1.82) is 0 Å². The van der Waals surface area contributed by atoms with Crippen LogP contribution in [0.1, 0.15) is 0 Å². The molecule has 12 rings (SSSR count). The number of fused-ring (bicyclic) bond motifs is 10. The van der Waals surface area contributed by atoms with Crippen LogP contribution in [0.25, 0.3) is 116 Å². The van der Waals surface area contributed by atoms with Crippen molar-refractivity contribution in [1.82, 2.24) is 19.5 Å². The molecule has 0 aliphatic rings. The number of hydrogen-bond acceptors (Lipinski definition) is 4. The zero-order valence-corrected chi connectivity index (χ0v) is 30.0. The van der Waals surface area contributed by atoms with Crippen molar-refractivity contribution >= 4 is 76.1 Å². The van der Waals surface area contributed by atoms with E-state index in [4.69, 9.17) is 19.4 Å². The number of furan rings is 1. The maximum atomic E-state index is 6.65. The van der Waals surface area contributed by atoms with E-state index >= 15 is 0 Å². The minimum absolute atomic E-state index is 0.549. The van der Waals surface area contributed by atoms with Gasteiger partial charge in [-0.1, -0.05) is 140 Å². The third-order valence-corrected chi connectivity index (χ3v) is 11.2. The summed E-state index contributed by atoms with van der Waals surface area (Å²) in [6.07, 6.45) is 0. The molecule has 0 spiro atoms. The fourth-order valence-corrected chi connectivity index (χ4v) is 8.59. The van der Waals surface area contributed by atoms with Crippen LogP contribution in [0.3, 0.4) is 0 Å². The first-order valence-corrected chi connectivity index (χ1v) is 18.9. The number of aromatic nitrogens is 4. The molecule has 260 valence electrons. The van der Waals surface area contributed by atoms with Crippen LogP contribution in [0.15, 0.2) is 186 Å². The summed E-state index contributed by atoms with van der Waals surface area (Å²) in [4.78, 5) is 16.4. The molecule has 0 aliphatic carbocycles. The van der Waals surface area contributed by atoms with Crippen LogP contribution < -0.4 is 0 Å². The number of nitrogens with zero attached hydrogens (tertiary/aromatic N) is 4. The molecule has 0 atom stereocenters. The molecule has 5 heteroatoms. The first-order chi connectivity index (χ1) is 27.7. The van der Waals surface area contributed by atoms with Gasteiger partial charge in [0.05, 0.1) is 11.0 Å². The number of benzene rings is 9. The van der Waals surface area contributed by atoms with Gasteiger partial charge < -0.3 is 4.42 Å². The monoisotopic (exact) mass is 714 g/mol. The molecule has 5 nitrogen and oxygen atoms in total. The molecule has 0 aliphatic heterocycles. The maximum Gasteiger partial charge on any atom is 0.238 e. The van der Waals surface area contributed by atoms with E-state index in [0.29, 0.717) is 17.6 Å². The SMILES string of the molecule is c1ccc(-c2cc3ccccc3cc2-c2nc(-c3cc4ccccc4c4oc5ccccc5c34)nc(-n3c4ccccc4c4cc5ccccc5cc43)n2)cc1. The van der Waals surface area contributed by atoms with Gasteiger partial charge in [-0.25, -0.2) is 4.98 Å². The summed E-state index contributed by atoms with van der Waals surface area (Å²) in [5, 5.41) is 11.0. The topological polar surface area (TPSA) is 56.7 Å². The lowest BCUT2D eigenvalue weighted by molar-refractivity contribution is 0.672. The van der Waals surface area contributed by atoms with E-state index in [-0.39, 0.29) is 0 Å². The third kappa shape index (κ3) is 4.64. The zero-order valence-electron chi connectivity index (χ0n) is 30.0. The standard InChI is InChI=1S/C51H30N4O/c1-2-14-31(15-3-1)40-26-32-16-4-5-18-34(32)28-42(40)49-52-50(43-29-36-20-8-9-21-37(36)48-47(43)39-23-11-13-25-46(39)56-48)54-51(53-49)55-44-24-12-10-22-38(44)41-27-33-17-6-7-19-35(33)30-45(41)55/h1-30H. The molecule has 0 amide bonds. The quantitative estimate of drug-likeness (QED) is 0.182. The van der Waals surface area contributed by atoms with Gasteiger partial charge in [0.25, 0.3) is 0 Å². The molecule has 0 N–H and O–H groups in total. The Morgan fingerprint density at radius 2 is 0.929 bits per heavy atom. The van der Waals surface area contributed by atoms with Crippen molar-refractivity contribution in [2.24, 2.45) is 0 Å². The number of rotatable bonds is 4. The summed E-state index contributed by atoms with van der Waals surface area (Å²) in [7, 11) is 0. The lowest BCUT2D eigenvalue weighted by Crippen LogP contribution is -2.07. The van der Waals surface area contributed by atoms with Crippen molar-refractivity contribution in [3.63, 3.8) is 0 Å². The van der Waals surface area contributed by atoms with Gasteiger partial charge in [-0.3, -0.25) is 4.57 Å². The molecule has 0 fully saturated rings. The Morgan fingerprint density at radius 3 is 1.70 bits per heavy atom. The van der Waals surface area contributed by atoms with Gasteiger partial charge in [0, 0.05) is 38.1 Å². The average molecular weight is 715 g/mol. The summed E-state index contributed by atoms with van der Waals surface area (Å²) in [5.41, 5.74) is 7.67. The van der Waals surface area contributed by atoms with Gasteiger partial charge in [-0.2, -0.15) is 9.97 Å². The molecular weight excluding hydrogens is 685 g/mol. The summed E-state index contributed by atoms with van der Waals surface area (Å²) in [5.74, 6) is 1.72. The van der Waals surface area contributed by atoms with E-state index in [9.17, 15) is 0 Å². The van der Waals surface area contributed by atoms with Gasteiger partial charge >= 0.3 is 0 Å². The highest BCUT2D eigenvalue weighted by Gasteiger charge is 2.23.